The van der Waals surface area contributed by atoms with Crippen LogP contribution in [0, 0.1) is 0 Å². The third-order valence-corrected chi connectivity index (χ3v) is 5.51. The summed E-state index contributed by atoms with van der Waals surface area (Å²) in [6.45, 7) is 2.24. The van der Waals surface area contributed by atoms with Crippen molar-refractivity contribution in [2.24, 2.45) is 0 Å². The van der Waals surface area contributed by atoms with Crippen molar-refractivity contribution in [1.82, 2.24) is 14.9 Å². The second-order valence-corrected chi connectivity index (χ2v) is 7.01. The molecule has 1 amide bonds. The van der Waals surface area contributed by atoms with Crippen molar-refractivity contribution in [3.8, 4) is 0 Å². The highest BCUT2D eigenvalue weighted by Crippen LogP contribution is 2.41. The van der Waals surface area contributed by atoms with Crippen molar-refractivity contribution in [2.45, 2.75) is 37.2 Å². The van der Waals surface area contributed by atoms with Gasteiger partial charge in [0.1, 0.15) is 5.69 Å². The fourth-order valence-corrected chi connectivity index (χ4v) is 4.07. The molecule has 5 nitrogen and oxygen atoms in total. The Hall–Kier alpha value is -2.27. The van der Waals surface area contributed by atoms with Gasteiger partial charge in [0, 0.05) is 32.1 Å². The number of carbonyl (C=O) groups is 1. The lowest BCUT2D eigenvalue weighted by Crippen LogP contribution is -2.50. The molecule has 1 spiro atoms. The van der Waals surface area contributed by atoms with Crippen LogP contribution in [-0.4, -0.2) is 46.1 Å². The lowest BCUT2D eigenvalue weighted by Gasteiger charge is -2.46. The summed E-state index contributed by atoms with van der Waals surface area (Å²) in [5, 5.41) is 0. The molecule has 0 bridgehead atoms. The topological polar surface area (TPSA) is 55.3 Å². The monoisotopic (exact) mass is 337 g/mol. The van der Waals surface area contributed by atoms with E-state index in [-0.39, 0.29) is 11.5 Å². The molecule has 1 atom stereocenters. The van der Waals surface area contributed by atoms with E-state index in [1.54, 1.807) is 12.4 Å². The second kappa shape index (κ2) is 6.92. The van der Waals surface area contributed by atoms with E-state index in [2.05, 4.69) is 40.3 Å². The van der Waals surface area contributed by atoms with E-state index >= 15 is 0 Å². The summed E-state index contributed by atoms with van der Waals surface area (Å²) in [6.07, 6.45) is 8.59. The van der Waals surface area contributed by atoms with Crippen molar-refractivity contribution in [1.29, 1.82) is 0 Å². The Morgan fingerprint density at radius 3 is 2.68 bits per heavy atom. The van der Waals surface area contributed by atoms with Gasteiger partial charge in [-0.2, -0.15) is 0 Å². The van der Waals surface area contributed by atoms with Crippen LogP contribution in [0.2, 0.25) is 0 Å². The summed E-state index contributed by atoms with van der Waals surface area (Å²) in [5.41, 5.74) is 1.74. The van der Waals surface area contributed by atoms with Crippen molar-refractivity contribution < 1.29 is 9.53 Å². The molecule has 0 radical (unpaired) electrons. The van der Waals surface area contributed by atoms with Crippen LogP contribution >= 0.6 is 0 Å². The Morgan fingerprint density at radius 1 is 1.16 bits per heavy atom. The predicted octanol–water partition coefficient (Wildman–Crippen LogP) is 3.05. The highest BCUT2D eigenvalue weighted by molar-refractivity contribution is 5.92. The third kappa shape index (κ3) is 3.42. The lowest BCUT2D eigenvalue weighted by atomic mass is 9.77. The fraction of sp³-hybridized carbons (Fsp3) is 0.450. The van der Waals surface area contributed by atoms with Crippen LogP contribution in [0.1, 0.15) is 47.7 Å². The number of piperidine rings is 1. The van der Waals surface area contributed by atoms with E-state index < -0.39 is 0 Å². The van der Waals surface area contributed by atoms with Crippen LogP contribution in [-0.2, 0) is 4.74 Å². The zero-order chi connectivity index (χ0) is 17.1. The molecule has 5 heteroatoms. The Morgan fingerprint density at radius 2 is 1.96 bits per heavy atom. The first-order chi connectivity index (χ1) is 12.3. The summed E-state index contributed by atoms with van der Waals surface area (Å²) in [7, 11) is 0. The zero-order valence-corrected chi connectivity index (χ0v) is 14.3. The Labute approximate surface area is 148 Å². The molecule has 3 heterocycles. The molecule has 1 aromatic heterocycles. The molecule has 4 rings (SSSR count). The quantitative estimate of drug-likeness (QED) is 0.845. The van der Waals surface area contributed by atoms with Crippen molar-refractivity contribution in [3.05, 3.63) is 60.2 Å². The summed E-state index contributed by atoms with van der Waals surface area (Å²) in [5.74, 6) is 0.524. The van der Waals surface area contributed by atoms with Crippen LogP contribution in [0.3, 0.4) is 0 Å². The molecule has 2 fully saturated rings. The number of likely N-dealkylation sites (tertiary alicyclic amines) is 1. The lowest BCUT2D eigenvalue weighted by molar-refractivity contribution is -0.113. The number of carbonyl (C=O) groups excluding carboxylic acids is 1. The van der Waals surface area contributed by atoms with E-state index in [1.807, 2.05) is 4.90 Å². The molecule has 2 aliphatic rings. The van der Waals surface area contributed by atoms with Gasteiger partial charge in [-0.1, -0.05) is 30.3 Å². The minimum absolute atomic E-state index is 0.0293. The number of amides is 1. The van der Waals surface area contributed by atoms with E-state index in [0.29, 0.717) is 11.6 Å². The molecular weight excluding hydrogens is 314 g/mol. The number of hydrogen-bond donors (Lipinski definition) is 0. The maximum absolute atomic E-state index is 12.5. The van der Waals surface area contributed by atoms with E-state index in [0.717, 1.165) is 45.4 Å². The van der Waals surface area contributed by atoms with Gasteiger partial charge in [0.2, 0.25) is 0 Å². The summed E-state index contributed by atoms with van der Waals surface area (Å²) in [6, 6.07) is 10.7. The molecule has 0 unspecified atom stereocenters. The standard InChI is InChI=1S/C20H23N3O2/c24-19(18-15-21-9-10-22-18)23-11-7-20(8-12-23)14-17(6-13-25-20)16-4-2-1-3-5-16/h1-5,9-10,15,17H,6-8,11-14H2/t17-/m1/s1. The van der Waals surface area contributed by atoms with Crippen LogP contribution in [0.25, 0.3) is 0 Å². The van der Waals surface area contributed by atoms with E-state index in [1.165, 1.54) is 11.8 Å². The predicted molar refractivity (Wildman–Crippen MR) is 94.3 cm³/mol. The smallest absolute Gasteiger partial charge is 0.274 e. The highest BCUT2D eigenvalue weighted by Gasteiger charge is 2.41. The number of benzene rings is 1. The average molecular weight is 337 g/mol. The third-order valence-electron chi connectivity index (χ3n) is 5.51. The molecule has 0 N–H and O–H groups in total. The van der Waals surface area contributed by atoms with Gasteiger partial charge in [-0.15, -0.1) is 0 Å². The molecule has 2 saturated heterocycles. The van der Waals surface area contributed by atoms with Crippen molar-refractivity contribution in [2.75, 3.05) is 19.7 Å². The van der Waals surface area contributed by atoms with E-state index in [9.17, 15) is 4.79 Å². The first-order valence-corrected chi connectivity index (χ1v) is 9.00. The van der Waals surface area contributed by atoms with Crippen LogP contribution in [0.4, 0.5) is 0 Å². The Balaban J connectivity index is 1.41. The largest absolute Gasteiger partial charge is 0.375 e. The summed E-state index contributed by atoms with van der Waals surface area (Å²) < 4.78 is 6.23. The minimum atomic E-state index is -0.0854. The number of ether oxygens (including phenoxy) is 1. The van der Waals surface area contributed by atoms with Crippen LogP contribution in [0.5, 0.6) is 0 Å². The molecule has 1 aromatic carbocycles. The number of nitrogens with zero attached hydrogens (tertiary/aromatic N) is 3. The van der Waals surface area contributed by atoms with Gasteiger partial charge in [0.05, 0.1) is 11.8 Å². The van der Waals surface area contributed by atoms with E-state index in [4.69, 9.17) is 4.74 Å². The first-order valence-electron chi connectivity index (χ1n) is 9.00. The normalized spacial score (nSPS) is 22.7. The SMILES string of the molecule is O=C(c1cnccn1)N1CCC2(CC1)C[C@H](c1ccccc1)CCO2. The fourth-order valence-electron chi connectivity index (χ4n) is 4.07. The van der Waals surface area contributed by atoms with Gasteiger partial charge in [0.15, 0.2) is 0 Å². The summed E-state index contributed by atoms with van der Waals surface area (Å²) >= 11 is 0. The van der Waals surface area contributed by atoms with Gasteiger partial charge in [-0.05, 0) is 37.2 Å². The Kier molecular flexibility index (Phi) is 4.49. The maximum atomic E-state index is 12.5. The average Bonchev–Trinajstić information content (AvgIpc) is 2.69. The maximum Gasteiger partial charge on any atom is 0.274 e. The second-order valence-electron chi connectivity index (χ2n) is 7.01. The molecule has 0 saturated carbocycles. The first kappa shape index (κ1) is 16.2. The van der Waals surface area contributed by atoms with Crippen LogP contribution in [0.15, 0.2) is 48.9 Å². The van der Waals surface area contributed by atoms with Crippen molar-refractivity contribution in [3.63, 3.8) is 0 Å². The molecule has 25 heavy (non-hydrogen) atoms. The number of aromatic nitrogens is 2. The van der Waals surface area contributed by atoms with Gasteiger partial charge >= 0.3 is 0 Å². The number of rotatable bonds is 2. The van der Waals surface area contributed by atoms with Crippen LogP contribution < -0.4 is 0 Å². The van der Waals surface area contributed by atoms with Gasteiger partial charge < -0.3 is 9.64 Å². The molecule has 130 valence electrons. The van der Waals surface area contributed by atoms with Gasteiger partial charge in [-0.3, -0.25) is 9.78 Å². The van der Waals surface area contributed by atoms with Gasteiger partial charge in [-0.25, -0.2) is 4.98 Å². The molecular formula is C20H23N3O2. The highest BCUT2D eigenvalue weighted by atomic mass is 16.5. The Bertz CT molecular complexity index is 712. The van der Waals surface area contributed by atoms with Crippen molar-refractivity contribution >= 4 is 5.91 Å². The van der Waals surface area contributed by atoms with Gasteiger partial charge in [0.25, 0.3) is 5.91 Å². The summed E-state index contributed by atoms with van der Waals surface area (Å²) in [4.78, 5) is 22.5. The zero-order valence-electron chi connectivity index (χ0n) is 14.3. The molecule has 0 aliphatic carbocycles. The molecule has 2 aromatic rings. The molecule has 2 aliphatic heterocycles. The minimum Gasteiger partial charge on any atom is -0.375 e. The number of hydrogen-bond acceptors (Lipinski definition) is 4.